The van der Waals surface area contributed by atoms with Crippen LogP contribution in [0.3, 0.4) is 0 Å². The molecule has 0 spiro atoms. The molecule has 2 amide bonds. The Labute approximate surface area is 214 Å². The van der Waals surface area contributed by atoms with Gasteiger partial charge in [0.15, 0.2) is 0 Å². The van der Waals surface area contributed by atoms with Crippen LogP contribution in [0.2, 0.25) is 0 Å². The van der Waals surface area contributed by atoms with Gasteiger partial charge in [0, 0.05) is 5.92 Å². The zero-order valence-electron chi connectivity index (χ0n) is 21.5. The molecule has 1 aliphatic rings. The third-order valence-corrected chi connectivity index (χ3v) is 8.98. The zero-order valence-corrected chi connectivity index (χ0v) is 22.3. The van der Waals surface area contributed by atoms with Crippen molar-refractivity contribution >= 4 is 22.0 Å². The topological polar surface area (TPSA) is 113 Å². The fourth-order valence-corrected chi connectivity index (χ4v) is 7.01. The van der Waals surface area contributed by atoms with Crippen molar-refractivity contribution in [1.29, 1.82) is 0 Å². The summed E-state index contributed by atoms with van der Waals surface area (Å²) in [6.07, 6.45) is 2.83. The van der Waals surface area contributed by atoms with Gasteiger partial charge in [0.1, 0.15) is 22.8 Å². The number of carbonyl (C=O) groups is 2. The number of likely N-dealkylation sites (tertiary alicyclic amines) is 1. The lowest BCUT2D eigenvalue weighted by Gasteiger charge is -2.40. The number of primary amides is 1. The number of quaternary nitrogens is 1. The maximum Gasteiger partial charge on any atom is 0.430 e. The highest BCUT2D eigenvalue weighted by atomic mass is 32.2. The monoisotopic (exact) mass is 517 g/mol. The summed E-state index contributed by atoms with van der Waals surface area (Å²) in [5.41, 5.74) is 6.13. The van der Waals surface area contributed by atoms with Gasteiger partial charge in [-0.3, -0.25) is 0 Å². The fourth-order valence-electron chi connectivity index (χ4n) is 4.99. The number of sulfonamides is 1. The van der Waals surface area contributed by atoms with Crippen molar-refractivity contribution in [2.24, 2.45) is 11.7 Å². The Balaban J connectivity index is 2.15. The highest BCUT2D eigenvalue weighted by Crippen LogP contribution is 2.40. The summed E-state index contributed by atoms with van der Waals surface area (Å²) in [7, 11) is -2.95. The molecular formula is C27H37N2O6S+. The van der Waals surface area contributed by atoms with E-state index < -0.39 is 43.5 Å². The van der Waals surface area contributed by atoms with E-state index in [9.17, 15) is 18.0 Å². The van der Waals surface area contributed by atoms with E-state index in [0.29, 0.717) is 37.9 Å². The Kier molecular flexibility index (Phi) is 8.46. The van der Waals surface area contributed by atoms with E-state index in [-0.39, 0.29) is 11.4 Å². The summed E-state index contributed by atoms with van der Waals surface area (Å²) in [4.78, 5) is 26.9. The number of rotatable bonds is 7. The lowest BCUT2D eigenvalue weighted by Crippen LogP contribution is -2.69. The van der Waals surface area contributed by atoms with Gasteiger partial charge in [0.05, 0.1) is 7.11 Å². The van der Waals surface area contributed by atoms with Crippen LogP contribution in [0.15, 0.2) is 59.5 Å². The smallest absolute Gasteiger partial charge is 0.430 e. The molecule has 3 atom stereocenters. The van der Waals surface area contributed by atoms with Crippen LogP contribution in [0.1, 0.15) is 52.0 Å². The maximum absolute atomic E-state index is 14.2. The van der Waals surface area contributed by atoms with Gasteiger partial charge < -0.3 is 15.2 Å². The van der Waals surface area contributed by atoms with E-state index in [4.69, 9.17) is 15.2 Å². The van der Waals surface area contributed by atoms with E-state index in [0.717, 1.165) is 5.56 Å². The number of nitrogens with two attached hydrogens (primary N) is 1. The Bertz CT molecular complexity index is 1160. The van der Waals surface area contributed by atoms with Gasteiger partial charge in [-0.2, -0.15) is 8.42 Å². The SMILES string of the molecule is COc1ccc(S(=O)(=O)[N+]2(C(N)=O)CCCCC(CCc3ccccc3)C2C(=O)OC(C)(C)C)cc1. The second-order valence-corrected chi connectivity index (χ2v) is 12.3. The average Bonchev–Trinajstić information content (AvgIpc) is 3.03. The van der Waals surface area contributed by atoms with Crippen LogP contribution in [-0.2, 0) is 26.0 Å². The normalized spacial score (nSPS) is 22.9. The lowest BCUT2D eigenvalue weighted by atomic mass is 9.88. The van der Waals surface area contributed by atoms with E-state index in [2.05, 4.69) is 0 Å². The molecule has 9 heteroatoms. The minimum Gasteiger partial charge on any atom is -0.497 e. The predicted octanol–water partition coefficient (Wildman–Crippen LogP) is 4.42. The van der Waals surface area contributed by atoms with Gasteiger partial charge in [-0.1, -0.05) is 30.3 Å². The van der Waals surface area contributed by atoms with Gasteiger partial charge in [-0.15, -0.1) is 3.89 Å². The van der Waals surface area contributed by atoms with E-state index in [1.54, 1.807) is 20.8 Å². The van der Waals surface area contributed by atoms with Crippen molar-refractivity contribution in [3.05, 3.63) is 60.2 Å². The molecule has 36 heavy (non-hydrogen) atoms. The summed E-state index contributed by atoms with van der Waals surface area (Å²) in [5.74, 6) is -0.679. The molecule has 1 heterocycles. The van der Waals surface area contributed by atoms with Gasteiger partial charge >= 0.3 is 22.0 Å². The van der Waals surface area contributed by atoms with E-state index in [1.165, 1.54) is 31.4 Å². The first-order valence-corrected chi connectivity index (χ1v) is 13.7. The van der Waals surface area contributed by atoms with Crippen molar-refractivity contribution in [2.75, 3.05) is 13.7 Å². The van der Waals surface area contributed by atoms with Crippen molar-refractivity contribution in [3.63, 3.8) is 0 Å². The lowest BCUT2D eigenvalue weighted by molar-refractivity contribution is -0.745. The first-order chi connectivity index (χ1) is 16.9. The van der Waals surface area contributed by atoms with Gasteiger partial charge in [-0.05, 0) is 82.7 Å². The molecule has 1 fully saturated rings. The summed E-state index contributed by atoms with van der Waals surface area (Å²) in [6, 6.07) is 13.2. The van der Waals surface area contributed by atoms with Crippen LogP contribution >= 0.6 is 0 Å². The number of esters is 1. The second-order valence-electron chi connectivity index (χ2n) is 10.3. The van der Waals surface area contributed by atoms with Crippen molar-refractivity contribution < 1.29 is 31.4 Å². The fraction of sp³-hybridized carbons (Fsp3) is 0.481. The van der Waals surface area contributed by atoms with Crippen LogP contribution < -0.4 is 10.5 Å². The molecule has 3 unspecified atom stereocenters. The Hall–Kier alpha value is -2.91. The van der Waals surface area contributed by atoms with Crippen LogP contribution in [0, 0.1) is 5.92 Å². The standard InChI is InChI=1S/C27H36N2O6S/c1-27(2,3)35-25(30)24-21(14-13-20-10-6-5-7-11-20)12-8-9-19-29(24,26(28)31)36(32,33)23-17-15-22(34-4)16-18-23/h5-7,10-11,15-18,21,24H,8-9,12-14,19H2,1-4H3,(H-,28,31)/p+1. The van der Waals surface area contributed by atoms with Crippen LogP contribution in [0.5, 0.6) is 5.75 Å². The highest BCUT2D eigenvalue weighted by Gasteiger charge is 2.61. The first kappa shape index (κ1) is 27.7. The van der Waals surface area contributed by atoms with Crippen molar-refractivity contribution in [3.8, 4) is 5.75 Å². The molecule has 196 valence electrons. The molecule has 0 aliphatic carbocycles. The number of ether oxygens (including phenoxy) is 2. The van der Waals surface area contributed by atoms with Crippen molar-refractivity contribution in [2.45, 2.75) is 69.4 Å². The number of nitrogens with zero attached hydrogens (tertiary/aromatic N) is 1. The Morgan fingerprint density at radius 2 is 1.67 bits per heavy atom. The molecule has 3 rings (SSSR count). The third-order valence-electron chi connectivity index (χ3n) is 6.67. The van der Waals surface area contributed by atoms with E-state index in [1.807, 2.05) is 30.3 Å². The van der Waals surface area contributed by atoms with Crippen LogP contribution in [0.25, 0.3) is 0 Å². The number of aryl methyl sites for hydroxylation is 1. The first-order valence-electron chi connectivity index (χ1n) is 12.3. The van der Waals surface area contributed by atoms with Crippen LogP contribution in [0.4, 0.5) is 4.79 Å². The minimum absolute atomic E-state index is 0.0978. The molecule has 1 saturated heterocycles. The minimum atomic E-state index is -4.43. The van der Waals surface area contributed by atoms with E-state index >= 15 is 0 Å². The molecular weight excluding hydrogens is 480 g/mol. The molecule has 0 radical (unpaired) electrons. The molecule has 0 saturated carbocycles. The van der Waals surface area contributed by atoms with Crippen LogP contribution in [-0.4, -0.2) is 49.6 Å². The predicted molar refractivity (Wildman–Crippen MR) is 137 cm³/mol. The maximum atomic E-state index is 14.2. The van der Waals surface area contributed by atoms with Crippen molar-refractivity contribution in [1.82, 2.24) is 0 Å². The molecule has 2 aromatic rings. The Morgan fingerprint density at radius 3 is 2.22 bits per heavy atom. The number of benzene rings is 2. The second kappa shape index (κ2) is 11.0. The number of hydrogen-bond donors (Lipinski definition) is 1. The third kappa shape index (κ3) is 5.73. The van der Waals surface area contributed by atoms with Gasteiger partial charge in [0.25, 0.3) is 0 Å². The average molecular weight is 518 g/mol. The molecule has 1 aliphatic heterocycles. The number of urea groups is 1. The summed E-state index contributed by atoms with van der Waals surface area (Å²) >= 11 is 0. The van der Waals surface area contributed by atoms with Gasteiger partial charge in [0.2, 0.25) is 6.04 Å². The number of amides is 2. The molecule has 0 aromatic heterocycles. The zero-order chi connectivity index (χ0) is 26.6. The number of hydrogen-bond acceptors (Lipinski definition) is 6. The summed E-state index contributed by atoms with van der Waals surface area (Å²) in [6.45, 7) is 5.06. The molecule has 2 aromatic carbocycles. The molecule has 8 nitrogen and oxygen atoms in total. The summed E-state index contributed by atoms with van der Waals surface area (Å²) in [5, 5.41) is 0. The largest absolute Gasteiger partial charge is 0.497 e. The quantitative estimate of drug-likeness (QED) is 0.430. The molecule has 0 bridgehead atoms. The number of methoxy groups -OCH3 is 1. The van der Waals surface area contributed by atoms with Gasteiger partial charge in [-0.25, -0.2) is 9.59 Å². The Morgan fingerprint density at radius 1 is 1.03 bits per heavy atom. The highest BCUT2D eigenvalue weighted by molar-refractivity contribution is 7.86. The number of carbonyl (C=O) groups excluding carboxylic acids is 2. The molecule has 2 N–H and O–H groups in total. The summed E-state index contributed by atoms with van der Waals surface area (Å²) < 4.78 is 38.2.